The average molecular weight is 373 g/mol. The first-order valence-electron chi connectivity index (χ1n) is 7.18. The van der Waals surface area contributed by atoms with Gasteiger partial charge in [0.15, 0.2) is 5.44 Å². The van der Waals surface area contributed by atoms with Gasteiger partial charge in [-0.1, -0.05) is 23.9 Å². The van der Waals surface area contributed by atoms with Crippen molar-refractivity contribution >= 4 is 47.9 Å². The summed E-state index contributed by atoms with van der Waals surface area (Å²) in [6.07, 6.45) is 10.6. The lowest BCUT2D eigenvalue weighted by atomic mass is 10.1. The molecule has 0 N–H and O–H groups in total. The standard InChI is InChI=1S/C16H12N4OS3/c1-16(22)3-2-10-12-14(21-13(10)20-7-16)24-15(23-12)11(4-17)9-5-18-8-19-6-9/h2-3,5-8,12,14,22H,1H3/b15-11-. The number of ether oxygens (including phenoxy) is 1. The fourth-order valence-electron chi connectivity index (χ4n) is 2.50. The van der Waals surface area contributed by atoms with Gasteiger partial charge in [-0.15, -0.1) is 11.8 Å². The second kappa shape index (κ2) is 5.99. The topological polar surface area (TPSA) is 71.2 Å². The van der Waals surface area contributed by atoms with Crippen molar-refractivity contribution in [3.63, 3.8) is 0 Å². The number of thiol groups is 1. The third kappa shape index (κ3) is 2.77. The molecule has 0 aromatic carbocycles. The van der Waals surface area contributed by atoms with Crippen LogP contribution in [0.3, 0.4) is 0 Å². The van der Waals surface area contributed by atoms with Gasteiger partial charge in [0.2, 0.25) is 5.88 Å². The Bertz CT molecular complexity index is 852. The number of thioether (sulfide) groups is 2. The summed E-state index contributed by atoms with van der Waals surface area (Å²) >= 11 is 7.74. The second-order valence-corrected chi connectivity index (χ2v) is 9.10. The van der Waals surface area contributed by atoms with E-state index in [1.165, 1.54) is 6.33 Å². The monoisotopic (exact) mass is 372 g/mol. The Morgan fingerprint density at radius 2 is 2.17 bits per heavy atom. The average Bonchev–Trinajstić information content (AvgIpc) is 3.06. The molecule has 0 bridgehead atoms. The van der Waals surface area contributed by atoms with E-state index in [4.69, 9.17) is 4.74 Å². The number of fused-ring (bicyclic) bond motifs is 2. The highest BCUT2D eigenvalue weighted by Crippen LogP contribution is 2.57. The van der Waals surface area contributed by atoms with E-state index in [1.54, 1.807) is 42.1 Å². The fraction of sp³-hybridized carbons (Fsp3) is 0.250. The minimum absolute atomic E-state index is 0.0749. The number of rotatable bonds is 1. The molecule has 24 heavy (non-hydrogen) atoms. The van der Waals surface area contributed by atoms with Crippen LogP contribution < -0.4 is 0 Å². The number of aromatic nitrogens is 2. The first-order chi connectivity index (χ1) is 11.6. The zero-order chi connectivity index (χ0) is 16.7. The highest BCUT2D eigenvalue weighted by atomic mass is 32.2. The molecule has 1 fully saturated rings. The summed E-state index contributed by atoms with van der Waals surface area (Å²) in [5, 5.41) is 9.67. The largest absolute Gasteiger partial charge is 0.461 e. The summed E-state index contributed by atoms with van der Waals surface area (Å²) in [7, 11) is 0. The lowest BCUT2D eigenvalue weighted by Crippen LogP contribution is -2.15. The van der Waals surface area contributed by atoms with Crippen molar-refractivity contribution < 1.29 is 4.74 Å². The molecule has 0 spiro atoms. The van der Waals surface area contributed by atoms with Gasteiger partial charge in [0.25, 0.3) is 0 Å². The third-order valence-corrected chi connectivity index (χ3v) is 6.90. The van der Waals surface area contributed by atoms with Gasteiger partial charge in [0.05, 0.1) is 19.8 Å². The van der Waals surface area contributed by atoms with Crippen LogP contribution in [0.2, 0.25) is 0 Å². The van der Waals surface area contributed by atoms with E-state index in [0.29, 0.717) is 11.5 Å². The van der Waals surface area contributed by atoms with E-state index in [1.807, 2.05) is 19.1 Å². The number of aliphatic imine (C=N–C) groups is 1. The molecule has 3 aliphatic rings. The molecule has 3 aliphatic heterocycles. The molecule has 3 atom stereocenters. The number of nitriles is 1. The number of hydrogen-bond donors (Lipinski definition) is 1. The summed E-state index contributed by atoms with van der Waals surface area (Å²) in [5.41, 5.74) is 2.28. The highest BCUT2D eigenvalue weighted by Gasteiger charge is 2.45. The number of hydrogen-bond acceptors (Lipinski definition) is 8. The van der Waals surface area contributed by atoms with Crippen molar-refractivity contribution in [3.8, 4) is 6.07 Å². The maximum Gasteiger partial charge on any atom is 0.218 e. The summed E-state index contributed by atoms with van der Waals surface area (Å²) in [6, 6.07) is 2.27. The van der Waals surface area contributed by atoms with Gasteiger partial charge in [-0.25, -0.2) is 15.0 Å². The van der Waals surface area contributed by atoms with Gasteiger partial charge in [-0.05, 0) is 6.92 Å². The van der Waals surface area contributed by atoms with E-state index in [9.17, 15) is 5.26 Å². The summed E-state index contributed by atoms with van der Waals surface area (Å²) < 4.78 is 6.53. The van der Waals surface area contributed by atoms with Gasteiger partial charge in [0, 0.05) is 29.7 Å². The van der Waals surface area contributed by atoms with Crippen LogP contribution in [0.4, 0.5) is 0 Å². The van der Waals surface area contributed by atoms with Crippen LogP contribution in [0, 0.1) is 11.3 Å². The molecule has 1 saturated heterocycles. The van der Waals surface area contributed by atoms with Crippen molar-refractivity contribution in [2.45, 2.75) is 22.4 Å². The minimum Gasteiger partial charge on any atom is -0.461 e. The fourth-order valence-corrected chi connectivity index (χ4v) is 5.67. The van der Waals surface area contributed by atoms with E-state index in [0.717, 1.165) is 15.4 Å². The third-order valence-electron chi connectivity index (χ3n) is 3.69. The summed E-state index contributed by atoms with van der Waals surface area (Å²) in [5.74, 6) is 0.652. The van der Waals surface area contributed by atoms with Gasteiger partial charge in [-0.2, -0.15) is 17.9 Å². The van der Waals surface area contributed by atoms with Crippen molar-refractivity contribution in [1.29, 1.82) is 5.26 Å². The van der Waals surface area contributed by atoms with Crippen LogP contribution >= 0.6 is 36.2 Å². The zero-order valence-electron chi connectivity index (χ0n) is 12.6. The second-order valence-electron chi connectivity index (χ2n) is 5.62. The molecule has 8 heteroatoms. The summed E-state index contributed by atoms with van der Waals surface area (Å²) in [6.45, 7) is 1.97. The van der Waals surface area contributed by atoms with E-state index < -0.39 is 4.75 Å². The van der Waals surface area contributed by atoms with E-state index in [2.05, 4.69) is 33.7 Å². The van der Waals surface area contributed by atoms with Gasteiger partial charge < -0.3 is 4.74 Å². The molecule has 1 aromatic heterocycles. The van der Waals surface area contributed by atoms with Crippen LogP contribution in [0.15, 0.2) is 51.6 Å². The molecular weight excluding hydrogens is 360 g/mol. The number of nitrogens with zero attached hydrogens (tertiary/aromatic N) is 4. The molecule has 0 aliphatic carbocycles. The predicted octanol–water partition coefficient (Wildman–Crippen LogP) is 3.41. The Kier molecular flexibility index (Phi) is 3.95. The van der Waals surface area contributed by atoms with Crippen molar-refractivity contribution in [3.05, 3.63) is 52.1 Å². The SMILES string of the molecule is CC1(S)C=CC2=C(N=C1)OC1S/C(=C(/C#N)c3cncnc3)SC21. The zero-order valence-corrected chi connectivity index (χ0v) is 15.1. The smallest absolute Gasteiger partial charge is 0.218 e. The molecule has 0 amide bonds. The lowest BCUT2D eigenvalue weighted by molar-refractivity contribution is 0.219. The molecule has 3 unspecified atom stereocenters. The first-order valence-corrected chi connectivity index (χ1v) is 9.39. The van der Waals surface area contributed by atoms with Crippen molar-refractivity contribution in [2.24, 2.45) is 4.99 Å². The molecule has 1 aromatic rings. The van der Waals surface area contributed by atoms with Crippen LogP contribution in [0.1, 0.15) is 12.5 Å². The van der Waals surface area contributed by atoms with Crippen LogP contribution in [0.25, 0.3) is 5.57 Å². The highest BCUT2D eigenvalue weighted by molar-refractivity contribution is 8.26. The minimum atomic E-state index is -0.391. The molecule has 0 radical (unpaired) electrons. The molecule has 4 rings (SSSR count). The maximum atomic E-state index is 9.56. The van der Waals surface area contributed by atoms with Gasteiger partial charge in [-0.3, -0.25) is 0 Å². The quantitative estimate of drug-likeness (QED) is 0.602. The van der Waals surface area contributed by atoms with Gasteiger partial charge in [0.1, 0.15) is 12.4 Å². The first kappa shape index (κ1) is 15.8. The Morgan fingerprint density at radius 3 is 2.92 bits per heavy atom. The van der Waals surface area contributed by atoms with Crippen molar-refractivity contribution in [1.82, 2.24) is 9.97 Å². The van der Waals surface area contributed by atoms with Crippen LogP contribution in [0.5, 0.6) is 0 Å². The van der Waals surface area contributed by atoms with Crippen molar-refractivity contribution in [2.75, 3.05) is 0 Å². The van der Waals surface area contributed by atoms with E-state index >= 15 is 0 Å². The van der Waals surface area contributed by atoms with Crippen LogP contribution in [-0.4, -0.2) is 31.6 Å². The molecule has 120 valence electrons. The lowest BCUT2D eigenvalue weighted by Gasteiger charge is -2.12. The Balaban J connectivity index is 1.67. The summed E-state index contributed by atoms with van der Waals surface area (Å²) in [4.78, 5) is 12.4. The van der Waals surface area contributed by atoms with Crippen LogP contribution in [-0.2, 0) is 4.74 Å². The number of allylic oxidation sites excluding steroid dienone is 2. The Morgan fingerprint density at radius 1 is 1.38 bits per heavy atom. The molecule has 4 heterocycles. The van der Waals surface area contributed by atoms with Gasteiger partial charge >= 0.3 is 0 Å². The molecular formula is C16H12N4OS3. The Labute approximate surface area is 153 Å². The van der Waals surface area contributed by atoms with E-state index in [-0.39, 0.29) is 10.7 Å². The predicted molar refractivity (Wildman–Crippen MR) is 100 cm³/mol. The normalized spacial score (nSPS) is 32.7. The Hall–Kier alpha value is -1.69. The maximum absolute atomic E-state index is 9.56. The molecule has 0 saturated carbocycles. The molecule has 5 nitrogen and oxygen atoms in total.